The number of hydrogen-bond donors (Lipinski definition) is 0. The summed E-state index contributed by atoms with van der Waals surface area (Å²) in [6, 6.07) is 0. The van der Waals surface area contributed by atoms with E-state index >= 15 is 0 Å². The monoisotopic (exact) mass is 231 g/mol. The summed E-state index contributed by atoms with van der Waals surface area (Å²) in [5, 5.41) is 0. The van der Waals surface area contributed by atoms with Gasteiger partial charge in [-0.05, 0) is 37.0 Å². The summed E-state index contributed by atoms with van der Waals surface area (Å²) in [5.41, 5.74) is 1.90. The number of hydrogen-bond acceptors (Lipinski definition) is 0. The van der Waals surface area contributed by atoms with E-state index in [-0.39, 0.29) is 5.54 Å². The number of allylic oxidation sites excluding steroid dienone is 1. The topological polar surface area (TPSA) is 4.36 Å². The summed E-state index contributed by atoms with van der Waals surface area (Å²) in [6.45, 7) is 16.4. The molecule has 0 N–H and O–H groups in total. The number of rotatable bonds is 1. The molecule has 2 aliphatic rings. The van der Waals surface area contributed by atoms with E-state index in [0.29, 0.717) is 11.3 Å². The second-order valence-corrected chi connectivity index (χ2v) is 6.89. The molecule has 0 saturated heterocycles. The molecule has 0 bridgehead atoms. The Hall–Kier alpha value is -0.770. The van der Waals surface area contributed by atoms with Crippen molar-refractivity contribution in [2.24, 2.45) is 17.3 Å². The van der Waals surface area contributed by atoms with Crippen molar-refractivity contribution in [3.63, 3.8) is 0 Å². The first kappa shape index (κ1) is 12.7. The van der Waals surface area contributed by atoms with Crippen LogP contribution in [0.15, 0.2) is 11.6 Å². The molecule has 1 nitrogen and oxygen atoms in total. The molecule has 0 aromatic rings. The molecule has 2 aliphatic carbocycles. The molecule has 1 unspecified atom stereocenters. The quantitative estimate of drug-likeness (QED) is 0.449. The Balaban J connectivity index is 2.32. The molecular formula is C16H25N. The lowest BCUT2D eigenvalue weighted by atomic mass is 9.59. The van der Waals surface area contributed by atoms with Gasteiger partial charge in [-0.3, -0.25) is 0 Å². The molecule has 1 heteroatoms. The maximum atomic E-state index is 7.37. The van der Waals surface area contributed by atoms with Crippen molar-refractivity contribution in [3.8, 4) is 0 Å². The highest BCUT2D eigenvalue weighted by Gasteiger charge is 2.44. The van der Waals surface area contributed by atoms with Crippen molar-refractivity contribution in [1.29, 1.82) is 0 Å². The summed E-state index contributed by atoms with van der Waals surface area (Å²) in [7, 11) is 0. The summed E-state index contributed by atoms with van der Waals surface area (Å²) < 4.78 is 0. The largest absolute Gasteiger partial charge is 0.310 e. The SMILES string of the molecule is [C-]#[N+]C(C)(C)C1C=C2[C@@H](C)CCC[C@]2(C)CC1. The van der Waals surface area contributed by atoms with Gasteiger partial charge < -0.3 is 4.85 Å². The van der Waals surface area contributed by atoms with E-state index in [1.165, 1.54) is 32.1 Å². The first-order valence-electron chi connectivity index (χ1n) is 7.00. The third-order valence-electron chi connectivity index (χ3n) is 5.18. The average Bonchev–Trinajstić information content (AvgIpc) is 2.28. The van der Waals surface area contributed by atoms with Gasteiger partial charge >= 0.3 is 0 Å². The molecule has 0 amide bonds. The van der Waals surface area contributed by atoms with E-state index in [1.54, 1.807) is 5.57 Å². The van der Waals surface area contributed by atoms with E-state index in [0.717, 1.165) is 5.92 Å². The van der Waals surface area contributed by atoms with Crippen LogP contribution in [0.4, 0.5) is 0 Å². The molecule has 0 heterocycles. The Bertz CT molecular complexity index is 371. The lowest BCUT2D eigenvalue weighted by molar-refractivity contribution is 0.198. The van der Waals surface area contributed by atoms with Gasteiger partial charge in [-0.2, -0.15) is 0 Å². The minimum absolute atomic E-state index is 0.217. The molecule has 0 aromatic heterocycles. The van der Waals surface area contributed by atoms with Crippen LogP contribution in [-0.2, 0) is 0 Å². The van der Waals surface area contributed by atoms with Gasteiger partial charge in [-0.1, -0.05) is 31.9 Å². The van der Waals surface area contributed by atoms with Crippen molar-refractivity contribution in [3.05, 3.63) is 23.1 Å². The Morgan fingerprint density at radius 1 is 1.35 bits per heavy atom. The van der Waals surface area contributed by atoms with E-state index in [9.17, 15) is 0 Å². The van der Waals surface area contributed by atoms with Gasteiger partial charge in [0.1, 0.15) is 0 Å². The average molecular weight is 231 g/mol. The maximum Gasteiger partial charge on any atom is 0.233 e. The van der Waals surface area contributed by atoms with Gasteiger partial charge in [0.25, 0.3) is 0 Å². The fourth-order valence-corrected chi connectivity index (χ4v) is 3.74. The zero-order chi connectivity index (χ0) is 12.7. The molecule has 2 rings (SSSR count). The van der Waals surface area contributed by atoms with Crippen LogP contribution in [0.2, 0.25) is 0 Å². The summed E-state index contributed by atoms with van der Waals surface area (Å²) >= 11 is 0. The van der Waals surface area contributed by atoms with Gasteiger partial charge in [-0.25, -0.2) is 6.57 Å². The molecule has 0 aromatic carbocycles. The lowest BCUT2D eigenvalue weighted by Gasteiger charge is -2.45. The first-order valence-corrected chi connectivity index (χ1v) is 7.00. The van der Waals surface area contributed by atoms with E-state index in [1.807, 2.05) is 0 Å². The van der Waals surface area contributed by atoms with Crippen LogP contribution in [-0.4, -0.2) is 5.54 Å². The van der Waals surface area contributed by atoms with Crippen LogP contribution >= 0.6 is 0 Å². The normalized spacial score (nSPS) is 37.9. The van der Waals surface area contributed by atoms with Gasteiger partial charge in [0, 0.05) is 13.8 Å². The molecule has 0 spiro atoms. The van der Waals surface area contributed by atoms with Crippen LogP contribution in [0, 0.1) is 23.8 Å². The summed E-state index contributed by atoms with van der Waals surface area (Å²) in [5.74, 6) is 1.20. The second kappa shape index (κ2) is 4.16. The molecule has 1 saturated carbocycles. The molecule has 0 aliphatic heterocycles. The highest BCUT2D eigenvalue weighted by atomic mass is 14.8. The van der Waals surface area contributed by atoms with Gasteiger partial charge in [0.15, 0.2) is 0 Å². The highest BCUT2D eigenvalue weighted by molar-refractivity contribution is 5.25. The van der Waals surface area contributed by atoms with Gasteiger partial charge in [0.2, 0.25) is 5.54 Å². The predicted octanol–water partition coefficient (Wildman–Crippen LogP) is 4.85. The van der Waals surface area contributed by atoms with E-state index < -0.39 is 0 Å². The zero-order valence-electron chi connectivity index (χ0n) is 11.7. The second-order valence-electron chi connectivity index (χ2n) is 6.89. The minimum Gasteiger partial charge on any atom is -0.310 e. The van der Waals surface area contributed by atoms with Gasteiger partial charge in [-0.15, -0.1) is 0 Å². The fourth-order valence-electron chi connectivity index (χ4n) is 3.74. The van der Waals surface area contributed by atoms with Crippen molar-refractivity contribution < 1.29 is 0 Å². The zero-order valence-corrected chi connectivity index (χ0v) is 11.7. The van der Waals surface area contributed by atoms with E-state index in [2.05, 4.69) is 38.6 Å². The minimum atomic E-state index is -0.217. The lowest BCUT2D eigenvalue weighted by Crippen LogP contribution is -2.37. The van der Waals surface area contributed by atoms with Gasteiger partial charge in [0.05, 0.1) is 5.92 Å². The van der Waals surface area contributed by atoms with Crippen LogP contribution in [0.1, 0.15) is 59.8 Å². The van der Waals surface area contributed by atoms with Crippen LogP contribution < -0.4 is 0 Å². The number of fused-ring (bicyclic) bond motifs is 1. The van der Waals surface area contributed by atoms with E-state index in [4.69, 9.17) is 6.57 Å². The molecule has 3 atom stereocenters. The highest BCUT2D eigenvalue weighted by Crippen LogP contribution is 2.52. The number of nitrogens with zero attached hydrogens (tertiary/aromatic N) is 1. The molecule has 94 valence electrons. The predicted molar refractivity (Wildman–Crippen MR) is 72.6 cm³/mol. The van der Waals surface area contributed by atoms with Crippen molar-refractivity contribution in [2.45, 2.75) is 65.3 Å². The molecular weight excluding hydrogens is 206 g/mol. The standard InChI is InChI=1S/C16H25N/c1-12-7-6-9-16(4)10-8-13(11-14(12)16)15(2,3)17-5/h11-13H,6-10H2,1-4H3/t12-,13?,16+/m0/s1. The van der Waals surface area contributed by atoms with Crippen LogP contribution in [0.25, 0.3) is 4.85 Å². The van der Waals surface area contributed by atoms with Crippen molar-refractivity contribution >= 4 is 0 Å². The summed E-state index contributed by atoms with van der Waals surface area (Å²) in [6.07, 6.45) is 9.03. The maximum absolute atomic E-state index is 7.37. The third-order valence-corrected chi connectivity index (χ3v) is 5.18. The Labute approximate surface area is 106 Å². The Morgan fingerprint density at radius 3 is 2.71 bits per heavy atom. The molecule has 17 heavy (non-hydrogen) atoms. The Kier molecular flexibility index (Phi) is 3.10. The van der Waals surface area contributed by atoms with Crippen molar-refractivity contribution in [1.82, 2.24) is 0 Å². The fraction of sp³-hybridized carbons (Fsp3) is 0.812. The van der Waals surface area contributed by atoms with Crippen molar-refractivity contribution in [2.75, 3.05) is 0 Å². The smallest absolute Gasteiger partial charge is 0.233 e. The third kappa shape index (κ3) is 2.15. The Morgan fingerprint density at radius 2 is 2.06 bits per heavy atom. The molecule has 1 fully saturated rings. The molecule has 0 radical (unpaired) electrons. The van der Waals surface area contributed by atoms with Crippen LogP contribution in [0.3, 0.4) is 0 Å². The summed E-state index contributed by atoms with van der Waals surface area (Å²) in [4.78, 5) is 3.83. The van der Waals surface area contributed by atoms with Crippen LogP contribution in [0.5, 0.6) is 0 Å². The first-order chi connectivity index (χ1) is 7.89.